The molecule has 0 bridgehead atoms. The highest BCUT2D eigenvalue weighted by molar-refractivity contribution is 4.93. The van der Waals surface area contributed by atoms with Gasteiger partial charge in [0.25, 0.3) is 0 Å². The fourth-order valence-electron chi connectivity index (χ4n) is 1.56. The van der Waals surface area contributed by atoms with Crippen molar-refractivity contribution >= 4 is 0 Å². The molecule has 3 nitrogen and oxygen atoms in total. The van der Waals surface area contributed by atoms with E-state index in [4.69, 9.17) is 0 Å². The Bertz CT molecular complexity index is 176. The molecule has 1 aliphatic rings. The average molecular weight is 187 g/mol. The van der Waals surface area contributed by atoms with Crippen LogP contribution in [-0.2, 0) is 0 Å². The number of aliphatic hydroxyl groups excluding tert-OH is 1. The number of aliphatic hydroxyl groups is 2. The Kier molecular flexibility index (Phi) is 2.72. The van der Waals surface area contributed by atoms with Crippen LogP contribution in [0.4, 0.5) is 0 Å². The summed E-state index contributed by atoms with van der Waals surface area (Å²) in [5, 5.41) is 19.2. The molecular weight excluding hydrogens is 166 g/mol. The van der Waals surface area contributed by atoms with Crippen LogP contribution in [0.15, 0.2) is 0 Å². The molecule has 1 saturated heterocycles. The molecule has 13 heavy (non-hydrogen) atoms. The SMILES string of the molecule is CC1(O)CN(CC(O)C(C)(C)C)C1. The van der Waals surface area contributed by atoms with Crippen molar-refractivity contribution in [2.45, 2.75) is 39.4 Å². The summed E-state index contributed by atoms with van der Waals surface area (Å²) >= 11 is 0. The zero-order chi connectivity index (χ0) is 10.3. The second-order valence-corrected chi connectivity index (χ2v) is 5.55. The van der Waals surface area contributed by atoms with Crippen molar-refractivity contribution < 1.29 is 10.2 Å². The molecule has 1 fully saturated rings. The lowest BCUT2D eigenvalue weighted by atomic mass is 9.87. The predicted molar refractivity (Wildman–Crippen MR) is 52.5 cm³/mol. The molecule has 1 atom stereocenters. The van der Waals surface area contributed by atoms with Crippen molar-refractivity contribution in [1.82, 2.24) is 4.90 Å². The number of rotatable bonds is 2. The van der Waals surface area contributed by atoms with Gasteiger partial charge in [-0.15, -0.1) is 0 Å². The standard InChI is InChI=1S/C10H21NO2/c1-9(2,3)8(12)5-11-6-10(4,13)7-11/h8,12-13H,5-7H2,1-4H3. The molecule has 1 rings (SSSR count). The minimum atomic E-state index is -0.530. The van der Waals surface area contributed by atoms with Crippen molar-refractivity contribution in [3.63, 3.8) is 0 Å². The number of hydrogen-bond acceptors (Lipinski definition) is 3. The lowest BCUT2D eigenvalue weighted by Gasteiger charge is -2.46. The lowest BCUT2D eigenvalue weighted by Crippen LogP contribution is -2.62. The van der Waals surface area contributed by atoms with Gasteiger partial charge in [0.2, 0.25) is 0 Å². The van der Waals surface area contributed by atoms with Gasteiger partial charge in [-0.25, -0.2) is 0 Å². The zero-order valence-corrected chi connectivity index (χ0v) is 9.04. The number of β-amino-alcohol motifs (C(OH)–C–C–N with tert-alkyl or cyclic N) is 2. The summed E-state index contributed by atoms with van der Waals surface area (Å²) in [6.45, 7) is 9.92. The van der Waals surface area contributed by atoms with E-state index < -0.39 is 5.60 Å². The molecule has 0 aromatic rings. The Morgan fingerprint density at radius 3 is 2.15 bits per heavy atom. The molecule has 1 unspecified atom stereocenters. The third-order valence-electron chi connectivity index (χ3n) is 2.56. The maximum Gasteiger partial charge on any atom is 0.0872 e. The smallest absolute Gasteiger partial charge is 0.0872 e. The molecule has 2 N–H and O–H groups in total. The first-order valence-electron chi connectivity index (χ1n) is 4.83. The molecule has 0 aromatic carbocycles. The van der Waals surface area contributed by atoms with Crippen LogP contribution in [0.1, 0.15) is 27.7 Å². The highest BCUT2D eigenvalue weighted by Crippen LogP contribution is 2.25. The van der Waals surface area contributed by atoms with Gasteiger partial charge in [0.05, 0.1) is 11.7 Å². The minimum absolute atomic E-state index is 0.0680. The Hall–Kier alpha value is -0.120. The van der Waals surface area contributed by atoms with E-state index in [1.54, 1.807) is 0 Å². The monoisotopic (exact) mass is 187 g/mol. The third-order valence-corrected chi connectivity index (χ3v) is 2.56. The molecule has 0 aliphatic carbocycles. The summed E-state index contributed by atoms with van der Waals surface area (Å²) in [7, 11) is 0. The molecule has 3 heteroatoms. The number of hydrogen-bond donors (Lipinski definition) is 2. The Labute approximate surface area is 80.4 Å². The van der Waals surface area contributed by atoms with Gasteiger partial charge in [0.1, 0.15) is 0 Å². The predicted octanol–water partition coefficient (Wildman–Crippen LogP) is 0.460. The van der Waals surface area contributed by atoms with Crippen LogP contribution in [-0.4, -0.2) is 46.5 Å². The summed E-state index contributed by atoms with van der Waals surface area (Å²) in [5.74, 6) is 0. The number of nitrogens with zero attached hydrogens (tertiary/aromatic N) is 1. The molecule has 1 heterocycles. The Balaban J connectivity index is 2.28. The van der Waals surface area contributed by atoms with E-state index in [1.165, 1.54) is 0 Å². The van der Waals surface area contributed by atoms with Gasteiger partial charge >= 0.3 is 0 Å². The highest BCUT2D eigenvalue weighted by Gasteiger charge is 2.38. The molecule has 78 valence electrons. The van der Waals surface area contributed by atoms with Gasteiger partial charge in [-0.1, -0.05) is 20.8 Å². The van der Waals surface area contributed by atoms with E-state index in [1.807, 2.05) is 27.7 Å². The molecular formula is C10H21NO2. The van der Waals surface area contributed by atoms with Crippen LogP contribution in [0.25, 0.3) is 0 Å². The highest BCUT2D eigenvalue weighted by atomic mass is 16.3. The minimum Gasteiger partial charge on any atom is -0.391 e. The van der Waals surface area contributed by atoms with Crippen LogP contribution in [0, 0.1) is 5.41 Å². The van der Waals surface area contributed by atoms with Crippen molar-refractivity contribution in [3.05, 3.63) is 0 Å². The van der Waals surface area contributed by atoms with Gasteiger partial charge in [-0.05, 0) is 12.3 Å². The van der Waals surface area contributed by atoms with Crippen molar-refractivity contribution in [3.8, 4) is 0 Å². The maximum atomic E-state index is 9.77. The lowest BCUT2D eigenvalue weighted by molar-refractivity contribution is -0.105. The van der Waals surface area contributed by atoms with E-state index in [0.29, 0.717) is 19.6 Å². The number of likely N-dealkylation sites (tertiary alicyclic amines) is 1. The van der Waals surface area contributed by atoms with Crippen LogP contribution < -0.4 is 0 Å². The topological polar surface area (TPSA) is 43.7 Å². The average Bonchev–Trinajstić information content (AvgIpc) is 1.80. The first kappa shape index (κ1) is 11.0. The van der Waals surface area contributed by atoms with Crippen molar-refractivity contribution in [2.75, 3.05) is 19.6 Å². The van der Waals surface area contributed by atoms with Crippen LogP contribution in [0.2, 0.25) is 0 Å². The maximum absolute atomic E-state index is 9.77. The van der Waals surface area contributed by atoms with Crippen molar-refractivity contribution in [1.29, 1.82) is 0 Å². The molecule has 0 amide bonds. The molecule has 0 spiro atoms. The van der Waals surface area contributed by atoms with Gasteiger partial charge in [0, 0.05) is 19.6 Å². The zero-order valence-electron chi connectivity index (χ0n) is 9.04. The Morgan fingerprint density at radius 1 is 1.38 bits per heavy atom. The van der Waals surface area contributed by atoms with Gasteiger partial charge in [-0.2, -0.15) is 0 Å². The van der Waals surface area contributed by atoms with E-state index in [2.05, 4.69) is 4.90 Å². The summed E-state index contributed by atoms with van der Waals surface area (Å²) < 4.78 is 0. The second kappa shape index (κ2) is 3.23. The van der Waals surface area contributed by atoms with Crippen LogP contribution >= 0.6 is 0 Å². The summed E-state index contributed by atoms with van der Waals surface area (Å²) in [4.78, 5) is 2.08. The van der Waals surface area contributed by atoms with Crippen LogP contribution in [0.5, 0.6) is 0 Å². The van der Waals surface area contributed by atoms with E-state index in [-0.39, 0.29) is 11.5 Å². The van der Waals surface area contributed by atoms with Gasteiger partial charge in [-0.3, -0.25) is 4.90 Å². The second-order valence-electron chi connectivity index (χ2n) is 5.55. The van der Waals surface area contributed by atoms with Crippen LogP contribution in [0.3, 0.4) is 0 Å². The normalized spacial score (nSPS) is 25.4. The Morgan fingerprint density at radius 2 is 1.85 bits per heavy atom. The summed E-state index contributed by atoms with van der Waals surface area (Å²) in [6.07, 6.45) is -0.316. The van der Waals surface area contributed by atoms with Gasteiger partial charge in [0.15, 0.2) is 0 Å². The third kappa shape index (κ3) is 2.93. The van der Waals surface area contributed by atoms with E-state index in [0.717, 1.165) is 0 Å². The van der Waals surface area contributed by atoms with E-state index >= 15 is 0 Å². The summed E-state index contributed by atoms with van der Waals surface area (Å²) in [5.41, 5.74) is -0.598. The summed E-state index contributed by atoms with van der Waals surface area (Å²) in [6, 6.07) is 0. The largest absolute Gasteiger partial charge is 0.391 e. The quantitative estimate of drug-likeness (QED) is 0.660. The first-order chi connectivity index (χ1) is 5.71. The fraction of sp³-hybridized carbons (Fsp3) is 1.00. The van der Waals surface area contributed by atoms with Crippen molar-refractivity contribution in [2.24, 2.45) is 5.41 Å². The fourth-order valence-corrected chi connectivity index (χ4v) is 1.56. The molecule has 0 saturated carbocycles. The molecule has 1 aliphatic heterocycles. The molecule has 0 aromatic heterocycles. The van der Waals surface area contributed by atoms with Gasteiger partial charge < -0.3 is 10.2 Å². The first-order valence-corrected chi connectivity index (χ1v) is 4.83. The molecule has 0 radical (unpaired) electrons. The van der Waals surface area contributed by atoms with E-state index in [9.17, 15) is 10.2 Å².